The molecule has 0 heterocycles. The normalized spacial score (nSPS) is 29.3. The van der Waals surface area contributed by atoms with E-state index in [4.69, 9.17) is 0 Å². The van der Waals surface area contributed by atoms with Crippen molar-refractivity contribution in [1.29, 1.82) is 0 Å². The molecule has 17 heavy (non-hydrogen) atoms. The maximum absolute atomic E-state index is 13.2. The zero-order valence-corrected chi connectivity index (χ0v) is 10.0. The summed E-state index contributed by atoms with van der Waals surface area (Å²) in [6.45, 7) is 2.09. The Kier molecular flexibility index (Phi) is 3.48. The number of hydrogen-bond acceptors (Lipinski definition) is 1. The molecule has 2 unspecified atom stereocenters. The second-order valence-corrected chi connectivity index (χ2v) is 5.06. The number of rotatable bonds is 2. The molecule has 0 aromatic heterocycles. The fraction of sp³-hybridized carbons (Fsp3) is 0.571. The molecule has 0 bridgehead atoms. The van der Waals surface area contributed by atoms with Crippen LogP contribution in [0.4, 0.5) is 8.78 Å². The van der Waals surface area contributed by atoms with E-state index in [0.717, 1.165) is 25.3 Å². The quantitative estimate of drug-likeness (QED) is 0.834. The third-order valence-electron chi connectivity index (χ3n) is 3.81. The van der Waals surface area contributed by atoms with E-state index >= 15 is 0 Å². The van der Waals surface area contributed by atoms with E-state index in [9.17, 15) is 13.9 Å². The van der Waals surface area contributed by atoms with E-state index in [1.807, 2.05) is 0 Å². The van der Waals surface area contributed by atoms with Crippen LogP contribution in [0.15, 0.2) is 18.2 Å². The van der Waals surface area contributed by atoms with Crippen LogP contribution in [-0.4, -0.2) is 5.11 Å². The number of aliphatic hydroxyl groups is 1. The Labute approximate surface area is 100 Å². The van der Waals surface area contributed by atoms with Gasteiger partial charge in [-0.3, -0.25) is 0 Å². The van der Waals surface area contributed by atoms with Gasteiger partial charge in [-0.2, -0.15) is 0 Å². The first kappa shape index (κ1) is 12.5. The number of benzene rings is 1. The lowest BCUT2D eigenvalue weighted by molar-refractivity contribution is -0.0221. The Balaban J connectivity index is 2.30. The Morgan fingerprint density at radius 3 is 2.53 bits per heavy atom. The van der Waals surface area contributed by atoms with Gasteiger partial charge in [0.05, 0.1) is 5.60 Å². The first-order chi connectivity index (χ1) is 8.03. The number of hydrogen-bond donors (Lipinski definition) is 1. The summed E-state index contributed by atoms with van der Waals surface area (Å²) in [7, 11) is 0. The molecule has 1 N–H and O–H groups in total. The minimum atomic E-state index is -1.05. The molecule has 94 valence electrons. The largest absolute Gasteiger partial charge is 0.385 e. The lowest BCUT2D eigenvalue weighted by Gasteiger charge is -2.37. The van der Waals surface area contributed by atoms with Crippen molar-refractivity contribution in [3.63, 3.8) is 0 Å². The molecule has 2 rings (SSSR count). The summed E-state index contributed by atoms with van der Waals surface area (Å²) >= 11 is 0. The van der Waals surface area contributed by atoms with Crippen molar-refractivity contribution in [1.82, 2.24) is 0 Å². The highest BCUT2D eigenvalue weighted by Gasteiger charge is 2.35. The molecule has 0 aliphatic heterocycles. The molecule has 1 aromatic carbocycles. The Morgan fingerprint density at radius 1 is 1.29 bits per heavy atom. The molecule has 0 amide bonds. The van der Waals surface area contributed by atoms with Crippen LogP contribution < -0.4 is 0 Å². The summed E-state index contributed by atoms with van der Waals surface area (Å²) in [4.78, 5) is 0. The van der Waals surface area contributed by atoms with Gasteiger partial charge in [0.1, 0.15) is 11.6 Å². The van der Waals surface area contributed by atoms with Gasteiger partial charge in [0.15, 0.2) is 0 Å². The van der Waals surface area contributed by atoms with Crippen molar-refractivity contribution in [3.05, 3.63) is 35.4 Å². The summed E-state index contributed by atoms with van der Waals surface area (Å²) in [6, 6.07) is 3.34. The highest BCUT2D eigenvalue weighted by Crippen LogP contribution is 2.41. The molecule has 1 fully saturated rings. The predicted molar refractivity (Wildman–Crippen MR) is 62.5 cm³/mol. The van der Waals surface area contributed by atoms with Crippen LogP contribution in [0.25, 0.3) is 0 Å². The molecule has 1 aliphatic carbocycles. The topological polar surface area (TPSA) is 20.2 Å². The van der Waals surface area contributed by atoms with E-state index in [2.05, 4.69) is 6.92 Å². The van der Waals surface area contributed by atoms with E-state index in [0.29, 0.717) is 24.3 Å². The van der Waals surface area contributed by atoms with Crippen molar-refractivity contribution in [2.75, 3.05) is 0 Å². The summed E-state index contributed by atoms with van der Waals surface area (Å²) in [5.41, 5.74) is -0.671. The molecule has 0 radical (unpaired) electrons. The van der Waals surface area contributed by atoms with E-state index in [-0.39, 0.29) is 0 Å². The van der Waals surface area contributed by atoms with Crippen LogP contribution in [0.1, 0.15) is 44.6 Å². The average Bonchev–Trinajstić information content (AvgIpc) is 2.28. The lowest BCUT2D eigenvalue weighted by atomic mass is 9.73. The Bertz CT molecular complexity index is 385. The van der Waals surface area contributed by atoms with Crippen LogP contribution >= 0.6 is 0 Å². The van der Waals surface area contributed by atoms with Crippen LogP contribution in [0.5, 0.6) is 0 Å². The molecule has 0 spiro atoms. The summed E-state index contributed by atoms with van der Waals surface area (Å²) in [6.07, 6.45) is 4.20. The maximum Gasteiger partial charge on any atom is 0.126 e. The van der Waals surface area contributed by atoms with Crippen LogP contribution in [0.3, 0.4) is 0 Å². The molecule has 2 atom stereocenters. The first-order valence-electron chi connectivity index (χ1n) is 6.22. The zero-order valence-electron chi connectivity index (χ0n) is 10.0. The van der Waals surface area contributed by atoms with Gasteiger partial charge in [0.2, 0.25) is 0 Å². The summed E-state index contributed by atoms with van der Waals surface area (Å²) in [5.74, 6) is -0.792. The molecular formula is C14H18F2O. The van der Waals surface area contributed by atoms with Gasteiger partial charge in [-0.15, -0.1) is 0 Å². The van der Waals surface area contributed by atoms with E-state index in [1.54, 1.807) is 0 Å². The van der Waals surface area contributed by atoms with Crippen molar-refractivity contribution < 1.29 is 13.9 Å². The Hall–Kier alpha value is -0.960. The smallest absolute Gasteiger partial charge is 0.126 e. The summed E-state index contributed by atoms with van der Waals surface area (Å²) in [5, 5.41) is 10.6. The number of halogens is 2. The molecule has 1 aliphatic rings. The van der Waals surface area contributed by atoms with Gasteiger partial charge in [-0.25, -0.2) is 8.78 Å². The van der Waals surface area contributed by atoms with Gasteiger partial charge in [0, 0.05) is 6.07 Å². The van der Waals surface area contributed by atoms with Gasteiger partial charge >= 0.3 is 0 Å². The minimum Gasteiger partial charge on any atom is -0.385 e. The van der Waals surface area contributed by atoms with Crippen molar-refractivity contribution in [2.45, 2.75) is 44.6 Å². The monoisotopic (exact) mass is 240 g/mol. The molecule has 1 saturated carbocycles. The van der Waals surface area contributed by atoms with Crippen LogP contribution in [0, 0.1) is 17.6 Å². The third-order valence-corrected chi connectivity index (χ3v) is 3.81. The molecule has 1 aromatic rings. The molecule has 1 nitrogen and oxygen atoms in total. The molecule has 0 saturated heterocycles. The highest BCUT2D eigenvalue weighted by molar-refractivity contribution is 5.25. The van der Waals surface area contributed by atoms with E-state index in [1.165, 1.54) is 12.1 Å². The second kappa shape index (κ2) is 4.73. The van der Waals surface area contributed by atoms with Gasteiger partial charge in [0.25, 0.3) is 0 Å². The SMILES string of the molecule is CCC1CCCC(O)(c2cc(F)cc(F)c2)C1. The van der Waals surface area contributed by atoms with Crippen molar-refractivity contribution >= 4 is 0 Å². The standard InChI is InChI=1S/C14H18F2O/c1-2-10-4-3-5-14(17,9-10)11-6-12(15)8-13(16)7-11/h6-8,10,17H,2-5,9H2,1H3. The van der Waals surface area contributed by atoms with E-state index < -0.39 is 17.2 Å². The summed E-state index contributed by atoms with van der Waals surface area (Å²) < 4.78 is 26.4. The second-order valence-electron chi connectivity index (χ2n) is 5.06. The average molecular weight is 240 g/mol. The predicted octanol–water partition coefficient (Wildman–Crippen LogP) is 3.75. The van der Waals surface area contributed by atoms with Crippen molar-refractivity contribution in [3.8, 4) is 0 Å². The molecular weight excluding hydrogens is 222 g/mol. The van der Waals surface area contributed by atoms with Gasteiger partial charge in [-0.05, 0) is 42.9 Å². The zero-order chi connectivity index (χ0) is 12.5. The van der Waals surface area contributed by atoms with Gasteiger partial charge < -0.3 is 5.11 Å². The van der Waals surface area contributed by atoms with Gasteiger partial charge in [-0.1, -0.05) is 19.8 Å². The highest BCUT2D eigenvalue weighted by atomic mass is 19.1. The van der Waals surface area contributed by atoms with Crippen molar-refractivity contribution in [2.24, 2.45) is 5.92 Å². The van der Waals surface area contributed by atoms with Crippen LogP contribution in [-0.2, 0) is 5.60 Å². The van der Waals surface area contributed by atoms with Crippen LogP contribution in [0.2, 0.25) is 0 Å². The lowest BCUT2D eigenvalue weighted by Crippen LogP contribution is -2.32. The minimum absolute atomic E-state index is 0.383. The third kappa shape index (κ3) is 2.65. The molecule has 3 heteroatoms. The fourth-order valence-electron chi connectivity index (χ4n) is 2.80. The first-order valence-corrected chi connectivity index (χ1v) is 6.22. The fourth-order valence-corrected chi connectivity index (χ4v) is 2.80. The maximum atomic E-state index is 13.2. The Morgan fingerprint density at radius 2 is 1.94 bits per heavy atom.